The van der Waals surface area contributed by atoms with Gasteiger partial charge in [-0.25, -0.2) is 0 Å². The Hall–Kier alpha value is -0.570. The van der Waals surface area contributed by atoms with Crippen molar-refractivity contribution in [2.45, 2.75) is 59.4 Å². The monoisotopic (exact) mass is 255 g/mol. The molecular formula is C15H29NO2. The largest absolute Gasteiger partial charge is 0.381 e. The van der Waals surface area contributed by atoms with Gasteiger partial charge in [0.05, 0.1) is 0 Å². The quantitative estimate of drug-likeness (QED) is 0.730. The van der Waals surface area contributed by atoms with Crippen LogP contribution >= 0.6 is 0 Å². The van der Waals surface area contributed by atoms with Crippen molar-refractivity contribution in [2.24, 2.45) is 11.8 Å². The summed E-state index contributed by atoms with van der Waals surface area (Å²) in [4.78, 5) is 14.7. The Kier molecular flexibility index (Phi) is 6.69. The van der Waals surface area contributed by atoms with Crippen LogP contribution in [0.3, 0.4) is 0 Å². The summed E-state index contributed by atoms with van der Waals surface area (Å²) in [6.07, 6.45) is 4.17. The first-order valence-electron chi connectivity index (χ1n) is 7.53. The van der Waals surface area contributed by atoms with Crippen LogP contribution in [0.4, 0.5) is 0 Å². The van der Waals surface area contributed by atoms with E-state index in [1.807, 2.05) is 0 Å². The van der Waals surface area contributed by atoms with Crippen molar-refractivity contribution in [3.8, 4) is 0 Å². The maximum Gasteiger partial charge on any atom is 0.225 e. The lowest BCUT2D eigenvalue weighted by Crippen LogP contribution is -2.44. The Balaban J connectivity index is 2.64. The highest BCUT2D eigenvalue weighted by atomic mass is 16.5. The van der Waals surface area contributed by atoms with Crippen molar-refractivity contribution in [1.29, 1.82) is 0 Å². The van der Waals surface area contributed by atoms with Gasteiger partial charge in [-0.2, -0.15) is 0 Å². The SMILES string of the molecule is CCC(CC)N(CC)C(=O)C(C)C1CCOCC1. The molecule has 0 bridgehead atoms. The summed E-state index contributed by atoms with van der Waals surface area (Å²) < 4.78 is 5.38. The molecule has 0 aromatic carbocycles. The third kappa shape index (κ3) is 3.71. The minimum atomic E-state index is 0.148. The molecule has 1 aliphatic heterocycles. The van der Waals surface area contributed by atoms with E-state index >= 15 is 0 Å². The molecule has 3 heteroatoms. The van der Waals surface area contributed by atoms with Gasteiger partial charge in [0.15, 0.2) is 0 Å². The van der Waals surface area contributed by atoms with Crippen LogP contribution in [0, 0.1) is 11.8 Å². The normalized spacial score (nSPS) is 18.9. The van der Waals surface area contributed by atoms with Crippen molar-refractivity contribution in [1.82, 2.24) is 4.90 Å². The summed E-state index contributed by atoms with van der Waals surface area (Å²) in [6.45, 7) is 11.0. The zero-order chi connectivity index (χ0) is 13.5. The number of hydrogen-bond donors (Lipinski definition) is 0. The van der Waals surface area contributed by atoms with Crippen LogP contribution in [0.2, 0.25) is 0 Å². The lowest BCUT2D eigenvalue weighted by molar-refractivity contribution is -0.140. The van der Waals surface area contributed by atoms with Gasteiger partial charge in [0.1, 0.15) is 0 Å². The summed E-state index contributed by atoms with van der Waals surface area (Å²) in [5.41, 5.74) is 0. The fourth-order valence-electron chi connectivity index (χ4n) is 3.00. The van der Waals surface area contributed by atoms with Gasteiger partial charge in [0, 0.05) is 31.7 Å². The van der Waals surface area contributed by atoms with E-state index in [-0.39, 0.29) is 5.92 Å². The molecule has 1 heterocycles. The maximum absolute atomic E-state index is 12.6. The van der Waals surface area contributed by atoms with E-state index in [4.69, 9.17) is 4.74 Å². The number of rotatable bonds is 6. The van der Waals surface area contributed by atoms with Crippen molar-refractivity contribution in [3.05, 3.63) is 0 Å². The molecule has 1 atom stereocenters. The third-order valence-corrected chi connectivity index (χ3v) is 4.37. The van der Waals surface area contributed by atoms with Crippen molar-refractivity contribution in [3.63, 3.8) is 0 Å². The van der Waals surface area contributed by atoms with Crippen LogP contribution in [-0.2, 0) is 9.53 Å². The highest BCUT2D eigenvalue weighted by molar-refractivity contribution is 5.79. The molecule has 0 N–H and O–H groups in total. The average Bonchev–Trinajstić information content (AvgIpc) is 2.44. The van der Waals surface area contributed by atoms with E-state index in [0.29, 0.717) is 17.9 Å². The topological polar surface area (TPSA) is 29.5 Å². The Bertz CT molecular complexity index is 245. The van der Waals surface area contributed by atoms with Crippen LogP contribution in [0.25, 0.3) is 0 Å². The summed E-state index contributed by atoms with van der Waals surface area (Å²) in [7, 11) is 0. The molecule has 0 spiro atoms. The first kappa shape index (κ1) is 15.5. The number of nitrogens with zero attached hydrogens (tertiary/aromatic N) is 1. The van der Waals surface area contributed by atoms with Gasteiger partial charge in [-0.05, 0) is 38.5 Å². The number of amides is 1. The second-order valence-corrected chi connectivity index (χ2v) is 5.33. The first-order chi connectivity index (χ1) is 8.65. The van der Waals surface area contributed by atoms with Gasteiger partial charge in [-0.15, -0.1) is 0 Å². The molecule has 106 valence electrons. The van der Waals surface area contributed by atoms with Crippen molar-refractivity contribution in [2.75, 3.05) is 19.8 Å². The lowest BCUT2D eigenvalue weighted by atomic mass is 9.86. The number of ether oxygens (including phenoxy) is 1. The highest BCUT2D eigenvalue weighted by Gasteiger charge is 2.30. The molecular weight excluding hydrogens is 226 g/mol. The molecule has 1 aliphatic rings. The van der Waals surface area contributed by atoms with Gasteiger partial charge in [0.2, 0.25) is 5.91 Å². The van der Waals surface area contributed by atoms with E-state index in [9.17, 15) is 4.79 Å². The van der Waals surface area contributed by atoms with Gasteiger partial charge >= 0.3 is 0 Å². The Morgan fingerprint density at radius 2 is 1.78 bits per heavy atom. The molecule has 0 aromatic rings. The van der Waals surface area contributed by atoms with Crippen LogP contribution in [-0.4, -0.2) is 36.6 Å². The summed E-state index contributed by atoms with van der Waals surface area (Å²) in [6, 6.07) is 0.407. The summed E-state index contributed by atoms with van der Waals surface area (Å²) in [5.74, 6) is 1.00. The number of carbonyl (C=O) groups is 1. The van der Waals surface area contributed by atoms with Gasteiger partial charge < -0.3 is 9.64 Å². The van der Waals surface area contributed by atoms with E-state index in [1.54, 1.807) is 0 Å². The maximum atomic E-state index is 12.6. The Morgan fingerprint density at radius 3 is 2.22 bits per heavy atom. The molecule has 1 unspecified atom stereocenters. The van der Waals surface area contributed by atoms with Crippen LogP contribution in [0.15, 0.2) is 0 Å². The van der Waals surface area contributed by atoms with Crippen LogP contribution < -0.4 is 0 Å². The minimum absolute atomic E-state index is 0.148. The highest BCUT2D eigenvalue weighted by Crippen LogP contribution is 2.26. The number of carbonyl (C=O) groups excluding carboxylic acids is 1. The fourth-order valence-corrected chi connectivity index (χ4v) is 3.00. The minimum Gasteiger partial charge on any atom is -0.381 e. The van der Waals surface area contributed by atoms with Crippen LogP contribution in [0.1, 0.15) is 53.4 Å². The Morgan fingerprint density at radius 1 is 1.22 bits per heavy atom. The fraction of sp³-hybridized carbons (Fsp3) is 0.933. The summed E-state index contributed by atoms with van der Waals surface area (Å²) in [5, 5.41) is 0. The molecule has 1 rings (SSSR count). The lowest BCUT2D eigenvalue weighted by Gasteiger charge is -2.35. The van der Waals surface area contributed by atoms with Crippen LogP contribution in [0.5, 0.6) is 0 Å². The van der Waals surface area contributed by atoms with Crippen molar-refractivity contribution >= 4 is 5.91 Å². The zero-order valence-electron chi connectivity index (χ0n) is 12.4. The molecule has 0 aromatic heterocycles. The second kappa shape index (κ2) is 7.78. The smallest absolute Gasteiger partial charge is 0.225 e. The van der Waals surface area contributed by atoms with Gasteiger partial charge in [-0.1, -0.05) is 20.8 Å². The van der Waals surface area contributed by atoms with Crippen molar-refractivity contribution < 1.29 is 9.53 Å². The zero-order valence-corrected chi connectivity index (χ0v) is 12.4. The molecule has 1 saturated heterocycles. The predicted octanol–water partition coefficient (Wildman–Crippen LogP) is 3.09. The Labute approximate surface area is 112 Å². The molecule has 1 amide bonds. The molecule has 0 aliphatic carbocycles. The standard InChI is InChI=1S/C15H29NO2/c1-5-14(6-2)16(7-3)15(17)12(4)13-8-10-18-11-9-13/h12-14H,5-11H2,1-4H3. The van der Waals surface area contributed by atoms with E-state index in [1.165, 1.54) is 0 Å². The third-order valence-electron chi connectivity index (χ3n) is 4.37. The molecule has 18 heavy (non-hydrogen) atoms. The molecule has 0 radical (unpaired) electrons. The molecule has 3 nitrogen and oxygen atoms in total. The predicted molar refractivity (Wildman–Crippen MR) is 74.5 cm³/mol. The molecule has 0 saturated carbocycles. The second-order valence-electron chi connectivity index (χ2n) is 5.33. The van der Waals surface area contributed by atoms with Gasteiger partial charge in [-0.3, -0.25) is 4.79 Å². The number of hydrogen-bond acceptors (Lipinski definition) is 2. The molecule has 1 fully saturated rings. The summed E-state index contributed by atoms with van der Waals surface area (Å²) >= 11 is 0. The van der Waals surface area contributed by atoms with E-state index in [0.717, 1.165) is 45.4 Å². The average molecular weight is 255 g/mol. The van der Waals surface area contributed by atoms with E-state index in [2.05, 4.69) is 32.6 Å². The van der Waals surface area contributed by atoms with Gasteiger partial charge in [0.25, 0.3) is 0 Å². The first-order valence-corrected chi connectivity index (χ1v) is 7.53. The van der Waals surface area contributed by atoms with E-state index < -0.39 is 0 Å².